The van der Waals surface area contributed by atoms with Gasteiger partial charge in [-0.2, -0.15) is 5.10 Å². The standard InChI is InChI=1S/C20H22FN3O4S/c1-10-17(11(2)24(4)23-10)22-19(25)12(3)28-20(26)18-13(9-27-5)16-14(21)7-6-8-15(16)29-18/h6-8,12H,9H2,1-5H3,(H,22,25)/t12-/m1/s1. The van der Waals surface area contributed by atoms with Crippen LogP contribution in [0.5, 0.6) is 0 Å². The number of esters is 1. The zero-order valence-electron chi connectivity index (χ0n) is 16.8. The molecule has 0 saturated heterocycles. The molecule has 154 valence electrons. The molecule has 0 spiro atoms. The minimum Gasteiger partial charge on any atom is -0.448 e. The summed E-state index contributed by atoms with van der Waals surface area (Å²) in [4.78, 5) is 25.5. The number of amides is 1. The molecule has 1 aromatic carbocycles. The van der Waals surface area contributed by atoms with Gasteiger partial charge < -0.3 is 14.8 Å². The highest BCUT2D eigenvalue weighted by Gasteiger charge is 2.26. The summed E-state index contributed by atoms with van der Waals surface area (Å²) < 4.78 is 27.1. The number of halogens is 1. The van der Waals surface area contributed by atoms with E-state index in [1.807, 2.05) is 6.92 Å². The summed E-state index contributed by atoms with van der Waals surface area (Å²) in [6.45, 7) is 5.15. The van der Waals surface area contributed by atoms with Gasteiger partial charge in [-0.15, -0.1) is 11.3 Å². The largest absolute Gasteiger partial charge is 0.448 e. The van der Waals surface area contributed by atoms with Crippen LogP contribution < -0.4 is 5.32 Å². The van der Waals surface area contributed by atoms with Gasteiger partial charge in [-0.1, -0.05) is 6.07 Å². The zero-order valence-corrected chi connectivity index (χ0v) is 17.6. The number of hydrogen-bond acceptors (Lipinski definition) is 6. The molecule has 7 nitrogen and oxygen atoms in total. The number of thiophene rings is 1. The molecular weight excluding hydrogens is 397 g/mol. The van der Waals surface area contributed by atoms with Crippen LogP contribution >= 0.6 is 11.3 Å². The fourth-order valence-electron chi connectivity index (χ4n) is 3.06. The normalized spacial score (nSPS) is 12.2. The van der Waals surface area contributed by atoms with Crippen molar-refractivity contribution < 1.29 is 23.5 Å². The molecule has 0 aliphatic heterocycles. The topological polar surface area (TPSA) is 82.4 Å². The third-order valence-corrected chi connectivity index (χ3v) is 5.82. The lowest BCUT2D eigenvalue weighted by molar-refractivity contribution is -0.123. The highest BCUT2D eigenvalue weighted by atomic mass is 32.1. The Labute approximate surface area is 171 Å². The average Bonchev–Trinajstić information content (AvgIpc) is 3.15. The number of methoxy groups -OCH3 is 1. The van der Waals surface area contributed by atoms with Crippen LogP contribution in [0.25, 0.3) is 10.1 Å². The second-order valence-electron chi connectivity index (χ2n) is 6.66. The second-order valence-corrected chi connectivity index (χ2v) is 7.71. The maximum atomic E-state index is 14.3. The summed E-state index contributed by atoms with van der Waals surface area (Å²) in [7, 11) is 3.24. The van der Waals surface area contributed by atoms with Gasteiger partial charge in [0.05, 0.1) is 23.7 Å². The van der Waals surface area contributed by atoms with Crippen LogP contribution in [0.2, 0.25) is 0 Å². The van der Waals surface area contributed by atoms with Crippen LogP contribution in [0.15, 0.2) is 18.2 Å². The highest BCUT2D eigenvalue weighted by molar-refractivity contribution is 7.21. The molecule has 1 amide bonds. The Bertz CT molecular complexity index is 1090. The van der Waals surface area contributed by atoms with E-state index in [0.717, 1.165) is 17.0 Å². The zero-order chi connectivity index (χ0) is 21.3. The summed E-state index contributed by atoms with van der Waals surface area (Å²) in [5.74, 6) is -1.60. The number of nitrogens with zero attached hydrogens (tertiary/aromatic N) is 2. The predicted octanol–water partition coefficient (Wildman–Crippen LogP) is 3.72. The summed E-state index contributed by atoms with van der Waals surface area (Å²) in [5, 5.41) is 7.33. The predicted molar refractivity (Wildman–Crippen MR) is 109 cm³/mol. The third-order valence-electron chi connectivity index (χ3n) is 4.65. The Morgan fingerprint density at radius 1 is 1.34 bits per heavy atom. The van der Waals surface area contributed by atoms with Gasteiger partial charge in [0.25, 0.3) is 5.91 Å². The lowest BCUT2D eigenvalue weighted by atomic mass is 10.1. The number of nitrogens with one attached hydrogen (secondary N) is 1. The van der Waals surface area contributed by atoms with E-state index < -0.39 is 23.8 Å². The Balaban J connectivity index is 1.81. The molecule has 2 heterocycles. The van der Waals surface area contributed by atoms with Crippen molar-refractivity contribution in [1.82, 2.24) is 9.78 Å². The second kappa shape index (κ2) is 8.30. The van der Waals surface area contributed by atoms with Crippen molar-refractivity contribution in [1.29, 1.82) is 0 Å². The van der Waals surface area contributed by atoms with Crippen molar-refractivity contribution >= 4 is 39.0 Å². The number of anilines is 1. The van der Waals surface area contributed by atoms with Crippen LogP contribution in [-0.4, -0.2) is 34.9 Å². The first-order valence-corrected chi connectivity index (χ1v) is 9.77. The number of carbonyl (C=O) groups is 2. The molecule has 1 N–H and O–H groups in total. The highest BCUT2D eigenvalue weighted by Crippen LogP contribution is 2.34. The molecule has 9 heteroatoms. The van der Waals surface area contributed by atoms with Crippen molar-refractivity contribution in [3.05, 3.63) is 45.8 Å². The van der Waals surface area contributed by atoms with Crippen LogP contribution in [-0.2, 0) is 27.9 Å². The SMILES string of the molecule is COCc1c(C(=O)O[C@H](C)C(=O)Nc2c(C)nn(C)c2C)sc2cccc(F)c12. The third kappa shape index (κ3) is 4.01. The number of ether oxygens (including phenoxy) is 2. The van der Waals surface area contributed by atoms with Gasteiger partial charge in [-0.05, 0) is 32.9 Å². The Morgan fingerprint density at radius 3 is 2.69 bits per heavy atom. The molecule has 0 saturated carbocycles. The summed E-state index contributed by atoms with van der Waals surface area (Å²) >= 11 is 1.11. The van der Waals surface area contributed by atoms with Gasteiger partial charge >= 0.3 is 5.97 Å². The van der Waals surface area contributed by atoms with Crippen molar-refractivity contribution in [2.24, 2.45) is 7.05 Å². The lowest BCUT2D eigenvalue weighted by Crippen LogP contribution is -2.30. The van der Waals surface area contributed by atoms with Crippen LogP contribution in [0.4, 0.5) is 10.1 Å². The number of carbonyl (C=O) groups excluding carboxylic acids is 2. The fourth-order valence-corrected chi connectivity index (χ4v) is 4.17. The molecule has 0 unspecified atom stereocenters. The minimum absolute atomic E-state index is 0.0556. The molecule has 0 bridgehead atoms. The first kappa shape index (κ1) is 20.9. The molecular formula is C20H22FN3O4S. The van der Waals surface area contributed by atoms with E-state index in [4.69, 9.17) is 9.47 Å². The summed E-state index contributed by atoms with van der Waals surface area (Å²) in [6.07, 6.45) is -1.05. The molecule has 1 atom stereocenters. The van der Waals surface area contributed by atoms with E-state index >= 15 is 0 Å². The number of rotatable bonds is 6. The van der Waals surface area contributed by atoms with Crippen LogP contribution in [0, 0.1) is 19.7 Å². The van der Waals surface area contributed by atoms with E-state index in [-0.39, 0.29) is 11.5 Å². The van der Waals surface area contributed by atoms with Crippen LogP contribution in [0.3, 0.4) is 0 Å². The van der Waals surface area contributed by atoms with Crippen molar-refractivity contribution in [2.45, 2.75) is 33.5 Å². The molecule has 0 radical (unpaired) electrons. The van der Waals surface area contributed by atoms with Crippen molar-refractivity contribution in [3.63, 3.8) is 0 Å². The first-order valence-electron chi connectivity index (χ1n) is 8.95. The number of fused-ring (bicyclic) bond motifs is 1. The van der Waals surface area contributed by atoms with Gasteiger partial charge in [0.2, 0.25) is 0 Å². The molecule has 3 aromatic rings. The first-order chi connectivity index (χ1) is 13.7. The van der Waals surface area contributed by atoms with Gasteiger partial charge in [-0.3, -0.25) is 9.48 Å². The number of hydrogen-bond donors (Lipinski definition) is 1. The Hall–Kier alpha value is -2.78. The van der Waals surface area contributed by atoms with E-state index in [1.54, 1.807) is 30.8 Å². The molecule has 29 heavy (non-hydrogen) atoms. The molecule has 0 aliphatic rings. The van der Waals surface area contributed by atoms with Crippen molar-refractivity contribution in [2.75, 3.05) is 12.4 Å². The maximum absolute atomic E-state index is 14.3. The fraction of sp³-hybridized carbons (Fsp3) is 0.350. The number of aryl methyl sites for hydroxylation is 2. The molecule has 0 aliphatic carbocycles. The molecule has 3 rings (SSSR count). The van der Waals surface area contributed by atoms with Crippen molar-refractivity contribution in [3.8, 4) is 0 Å². The van der Waals surface area contributed by atoms with Gasteiger partial charge in [0, 0.05) is 29.8 Å². The van der Waals surface area contributed by atoms with Gasteiger partial charge in [-0.25, -0.2) is 9.18 Å². The minimum atomic E-state index is -1.05. The number of aromatic nitrogens is 2. The van der Waals surface area contributed by atoms with Gasteiger partial charge in [0.15, 0.2) is 6.10 Å². The van der Waals surface area contributed by atoms with E-state index in [1.165, 1.54) is 20.1 Å². The monoisotopic (exact) mass is 419 g/mol. The van der Waals surface area contributed by atoms with E-state index in [2.05, 4.69) is 10.4 Å². The maximum Gasteiger partial charge on any atom is 0.349 e. The number of benzene rings is 1. The summed E-state index contributed by atoms with van der Waals surface area (Å²) in [6, 6.07) is 4.63. The lowest BCUT2D eigenvalue weighted by Gasteiger charge is -2.14. The van der Waals surface area contributed by atoms with Gasteiger partial charge in [0.1, 0.15) is 10.7 Å². The summed E-state index contributed by atoms with van der Waals surface area (Å²) in [5.41, 5.74) is 2.46. The van der Waals surface area contributed by atoms with E-state index in [0.29, 0.717) is 27.0 Å². The van der Waals surface area contributed by atoms with Crippen LogP contribution in [0.1, 0.15) is 33.5 Å². The van der Waals surface area contributed by atoms with E-state index in [9.17, 15) is 14.0 Å². The smallest absolute Gasteiger partial charge is 0.349 e. The quantitative estimate of drug-likeness (QED) is 0.616. The Kier molecular flexibility index (Phi) is 5.99. The molecule has 0 fully saturated rings. The Morgan fingerprint density at radius 2 is 2.07 bits per heavy atom. The molecule has 2 aromatic heterocycles. The average molecular weight is 419 g/mol.